The smallest absolute Gasteiger partial charge is 0.196 e. The summed E-state index contributed by atoms with van der Waals surface area (Å²) in [5.74, 6) is 1.08. The number of rotatable bonds is 6. The normalized spacial score (nSPS) is 11.0. The zero-order valence-electron chi connectivity index (χ0n) is 16.5. The molecule has 0 atom stereocenters. The van der Waals surface area contributed by atoms with Crippen LogP contribution in [0.1, 0.15) is 21.7 Å². The summed E-state index contributed by atoms with van der Waals surface area (Å²) in [7, 11) is 1.97. The number of pyridine rings is 1. The first-order valence-electron chi connectivity index (χ1n) is 9.26. The molecule has 3 heterocycles. The van der Waals surface area contributed by atoms with E-state index in [0.29, 0.717) is 16.7 Å². The minimum atomic E-state index is 0.0849. The molecule has 0 aliphatic heterocycles. The number of ketones is 1. The summed E-state index contributed by atoms with van der Waals surface area (Å²) in [4.78, 5) is 17.0. The van der Waals surface area contributed by atoms with Crippen LogP contribution in [0, 0.1) is 13.8 Å². The van der Waals surface area contributed by atoms with Crippen molar-refractivity contribution >= 4 is 17.5 Å². The predicted molar refractivity (Wildman–Crippen MR) is 115 cm³/mol. The second-order valence-electron chi connectivity index (χ2n) is 6.77. The summed E-state index contributed by atoms with van der Waals surface area (Å²) in [6, 6.07) is 15.7. The van der Waals surface area contributed by atoms with Crippen LogP contribution in [-0.2, 0) is 7.05 Å². The molecule has 0 saturated carbocycles. The van der Waals surface area contributed by atoms with E-state index in [1.54, 1.807) is 12.4 Å². The molecule has 4 rings (SSSR count). The van der Waals surface area contributed by atoms with Gasteiger partial charge >= 0.3 is 0 Å². The van der Waals surface area contributed by atoms with E-state index < -0.39 is 0 Å². The van der Waals surface area contributed by atoms with E-state index in [1.807, 2.05) is 78.6 Å². The minimum absolute atomic E-state index is 0.0849. The summed E-state index contributed by atoms with van der Waals surface area (Å²) < 4.78 is 4.00. The number of carbonyl (C=O) groups is 1. The number of aromatic nitrogens is 5. The largest absolute Gasteiger partial charge is 0.351 e. The zero-order chi connectivity index (χ0) is 20.4. The number of benzene rings is 1. The molecule has 0 aliphatic rings. The molecule has 0 bridgehead atoms. The van der Waals surface area contributed by atoms with Gasteiger partial charge in [0.1, 0.15) is 0 Å². The van der Waals surface area contributed by atoms with Crippen LogP contribution >= 0.6 is 11.8 Å². The lowest BCUT2D eigenvalue weighted by molar-refractivity contribution is 0.102. The van der Waals surface area contributed by atoms with Gasteiger partial charge in [0.25, 0.3) is 0 Å². The molecule has 0 fully saturated rings. The summed E-state index contributed by atoms with van der Waals surface area (Å²) in [6.45, 7) is 3.97. The lowest BCUT2D eigenvalue weighted by atomic mass is 10.2. The molecule has 1 aromatic carbocycles. The van der Waals surface area contributed by atoms with Gasteiger partial charge < -0.3 is 4.57 Å². The highest BCUT2D eigenvalue weighted by atomic mass is 32.2. The van der Waals surface area contributed by atoms with E-state index >= 15 is 0 Å². The molecule has 0 amide bonds. The summed E-state index contributed by atoms with van der Waals surface area (Å²) in [5, 5.41) is 9.43. The van der Waals surface area contributed by atoms with Crippen LogP contribution < -0.4 is 0 Å². The second kappa shape index (κ2) is 8.05. The molecular formula is C22H21N5OS. The monoisotopic (exact) mass is 403 g/mol. The molecule has 6 nitrogen and oxygen atoms in total. The molecule has 3 aromatic heterocycles. The molecule has 0 N–H and O–H groups in total. The topological polar surface area (TPSA) is 65.6 Å². The fourth-order valence-electron chi connectivity index (χ4n) is 3.20. The SMILES string of the molecule is Cc1cc(C(=O)CSc2nnc(-c3cccnc3)n2-c2ccccc2)c(C)n1C. The van der Waals surface area contributed by atoms with Crippen molar-refractivity contribution in [3.05, 3.63) is 77.9 Å². The number of para-hydroxylation sites is 1. The van der Waals surface area contributed by atoms with E-state index in [0.717, 1.165) is 28.2 Å². The molecule has 4 aromatic rings. The fraction of sp³-hybridized carbons (Fsp3) is 0.182. The van der Waals surface area contributed by atoms with E-state index in [1.165, 1.54) is 11.8 Å². The zero-order valence-corrected chi connectivity index (χ0v) is 17.3. The maximum absolute atomic E-state index is 12.8. The van der Waals surface area contributed by atoms with E-state index in [2.05, 4.69) is 15.2 Å². The lowest BCUT2D eigenvalue weighted by Crippen LogP contribution is -2.06. The molecular weight excluding hydrogens is 382 g/mol. The Morgan fingerprint density at radius 3 is 2.52 bits per heavy atom. The van der Waals surface area contributed by atoms with Gasteiger partial charge in [-0.05, 0) is 44.2 Å². The van der Waals surface area contributed by atoms with Crippen LogP contribution in [0.25, 0.3) is 17.1 Å². The van der Waals surface area contributed by atoms with Crippen molar-refractivity contribution in [3.8, 4) is 17.1 Å². The van der Waals surface area contributed by atoms with Gasteiger partial charge in [-0.2, -0.15) is 0 Å². The van der Waals surface area contributed by atoms with Crippen molar-refractivity contribution in [3.63, 3.8) is 0 Å². The van der Waals surface area contributed by atoms with Crippen LogP contribution in [0.5, 0.6) is 0 Å². The van der Waals surface area contributed by atoms with Gasteiger partial charge in [-0.1, -0.05) is 30.0 Å². The van der Waals surface area contributed by atoms with Gasteiger partial charge in [0, 0.05) is 47.6 Å². The van der Waals surface area contributed by atoms with Crippen LogP contribution in [0.4, 0.5) is 0 Å². The third kappa shape index (κ3) is 3.73. The predicted octanol–water partition coefficient (Wildman–Crippen LogP) is 4.26. The van der Waals surface area contributed by atoms with Crippen molar-refractivity contribution in [2.24, 2.45) is 7.05 Å². The number of aryl methyl sites for hydroxylation is 1. The Bertz CT molecular complexity index is 1150. The maximum atomic E-state index is 12.8. The molecule has 0 aliphatic carbocycles. The lowest BCUT2D eigenvalue weighted by Gasteiger charge is -2.10. The van der Waals surface area contributed by atoms with Gasteiger partial charge in [0.2, 0.25) is 0 Å². The number of thioether (sulfide) groups is 1. The quantitative estimate of drug-likeness (QED) is 0.355. The number of carbonyl (C=O) groups excluding carboxylic acids is 1. The number of hydrogen-bond acceptors (Lipinski definition) is 5. The van der Waals surface area contributed by atoms with Gasteiger partial charge in [-0.3, -0.25) is 14.3 Å². The first-order valence-corrected chi connectivity index (χ1v) is 10.2. The minimum Gasteiger partial charge on any atom is -0.351 e. The molecule has 146 valence electrons. The van der Waals surface area contributed by atoms with E-state index in [-0.39, 0.29) is 5.78 Å². The standard InChI is InChI=1S/C22H21N5OS/c1-15-12-19(16(2)26(15)3)20(28)14-29-22-25-24-21(17-8-7-11-23-13-17)27(22)18-9-5-4-6-10-18/h4-13H,14H2,1-3H3. The van der Waals surface area contributed by atoms with E-state index in [4.69, 9.17) is 0 Å². The highest BCUT2D eigenvalue weighted by Gasteiger charge is 2.19. The fourth-order valence-corrected chi connectivity index (χ4v) is 4.04. The van der Waals surface area contributed by atoms with Gasteiger partial charge in [-0.25, -0.2) is 0 Å². The van der Waals surface area contributed by atoms with Crippen LogP contribution in [0.2, 0.25) is 0 Å². The van der Waals surface area contributed by atoms with Crippen LogP contribution in [-0.4, -0.2) is 35.9 Å². The van der Waals surface area contributed by atoms with Gasteiger partial charge in [0.05, 0.1) is 5.75 Å². The Morgan fingerprint density at radius 2 is 1.86 bits per heavy atom. The average molecular weight is 404 g/mol. The first-order chi connectivity index (χ1) is 14.1. The average Bonchev–Trinajstić information content (AvgIpc) is 3.30. The Balaban J connectivity index is 1.66. The highest BCUT2D eigenvalue weighted by molar-refractivity contribution is 7.99. The molecule has 0 saturated heterocycles. The molecule has 0 spiro atoms. The number of hydrogen-bond donors (Lipinski definition) is 0. The van der Waals surface area contributed by atoms with Crippen molar-refractivity contribution in [1.29, 1.82) is 0 Å². The highest BCUT2D eigenvalue weighted by Crippen LogP contribution is 2.28. The second-order valence-corrected chi connectivity index (χ2v) is 7.72. The Hall–Kier alpha value is -3.19. The molecule has 29 heavy (non-hydrogen) atoms. The van der Waals surface area contributed by atoms with Crippen LogP contribution in [0.15, 0.2) is 66.1 Å². The van der Waals surface area contributed by atoms with Crippen molar-refractivity contribution in [2.75, 3.05) is 5.75 Å². The maximum Gasteiger partial charge on any atom is 0.196 e. The van der Waals surface area contributed by atoms with Gasteiger partial charge in [-0.15, -0.1) is 10.2 Å². The van der Waals surface area contributed by atoms with Crippen molar-refractivity contribution < 1.29 is 4.79 Å². The van der Waals surface area contributed by atoms with E-state index in [9.17, 15) is 4.79 Å². The molecule has 0 unspecified atom stereocenters. The van der Waals surface area contributed by atoms with Gasteiger partial charge in [0.15, 0.2) is 16.8 Å². The Labute approximate surface area is 173 Å². The molecule has 0 radical (unpaired) electrons. The summed E-state index contributed by atoms with van der Waals surface area (Å²) >= 11 is 1.39. The van der Waals surface area contributed by atoms with Crippen LogP contribution in [0.3, 0.4) is 0 Å². The Kier molecular flexibility index (Phi) is 5.31. The summed E-state index contributed by atoms with van der Waals surface area (Å²) in [5.41, 5.74) is 4.63. The number of nitrogens with zero attached hydrogens (tertiary/aromatic N) is 5. The molecule has 7 heteroatoms. The van der Waals surface area contributed by atoms with Crippen molar-refractivity contribution in [1.82, 2.24) is 24.3 Å². The third-order valence-corrected chi connectivity index (χ3v) is 5.90. The third-order valence-electron chi connectivity index (χ3n) is 4.98. The first kappa shape index (κ1) is 19.1. The number of Topliss-reactive ketones (excluding diaryl/α,β-unsaturated/α-hetero) is 1. The summed E-state index contributed by atoms with van der Waals surface area (Å²) in [6.07, 6.45) is 3.49. The Morgan fingerprint density at radius 1 is 1.07 bits per heavy atom. The van der Waals surface area contributed by atoms with Crippen molar-refractivity contribution in [2.45, 2.75) is 19.0 Å².